The molecule has 0 aromatic heterocycles. The number of amides is 1. The first kappa shape index (κ1) is 18.7. The van der Waals surface area contributed by atoms with Crippen LogP contribution in [0.4, 0.5) is 4.79 Å². The highest BCUT2D eigenvalue weighted by Crippen LogP contribution is 2.44. The van der Waals surface area contributed by atoms with Gasteiger partial charge < -0.3 is 14.7 Å². The average Bonchev–Trinajstić information content (AvgIpc) is 3.12. The molecule has 1 heterocycles. The number of likely N-dealkylation sites (tertiary alicyclic amines) is 1. The smallest absolute Gasteiger partial charge is 0.409 e. The molecule has 0 spiro atoms. The zero-order chi connectivity index (χ0) is 20.5. The zero-order valence-corrected chi connectivity index (χ0v) is 16.8. The number of phenolic OH excluding ortho intramolecular Hbond substituents is 1. The van der Waals surface area contributed by atoms with Crippen LogP contribution in [0, 0.1) is 0 Å². The number of carbonyl (C=O) groups is 1. The Hall–Kier alpha value is -3.27. The van der Waals surface area contributed by atoms with Gasteiger partial charge in [-0.3, -0.25) is 0 Å². The largest absolute Gasteiger partial charge is 0.508 e. The van der Waals surface area contributed by atoms with Gasteiger partial charge in [-0.1, -0.05) is 60.7 Å². The molecule has 1 aliphatic heterocycles. The molecule has 1 amide bonds. The summed E-state index contributed by atoms with van der Waals surface area (Å²) in [7, 11) is 0. The van der Waals surface area contributed by atoms with Crippen molar-refractivity contribution in [1.29, 1.82) is 0 Å². The van der Waals surface area contributed by atoms with E-state index in [1.165, 1.54) is 22.3 Å². The first-order valence-electron chi connectivity index (χ1n) is 10.6. The van der Waals surface area contributed by atoms with Gasteiger partial charge in [0, 0.05) is 24.9 Å². The van der Waals surface area contributed by atoms with Gasteiger partial charge in [0.05, 0.1) is 0 Å². The van der Waals surface area contributed by atoms with Crippen LogP contribution in [0.5, 0.6) is 5.75 Å². The highest BCUT2D eigenvalue weighted by molar-refractivity contribution is 5.79. The molecule has 3 aromatic carbocycles. The first-order valence-corrected chi connectivity index (χ1v) is 10.6. The van der Waals surface area contributed by atoms with E-state index in [1.54, 1.807) is 12.1 Å². The molecule has 152 valence electrons. The van der Waals surface area contributed by atoms with Gasteiger partial charge in [-0.25, -0.2) is 4.79 Å². The third-order valence-corrected chi connectivity index (χ3v) is 6.38. The minimum atomic E-state index is -0.236. The Balaban J connectivity index is 1.28. The second-order valence-corrected chi connectivity index (χ2v) is 8.18. The third-order valence-electron chi connectivity index (χ3n) is 6.38. The van der Waals surface area contributed by atoms with Crippen LogP contribution in [0.25, 0.3) is 11.1 Å². The van der Waals surface area contributed by atoms with Crippen molar-refractivity contribution in [2.24, 2.45) is 0 Å². The quantitative estimate of drug-likeness (QED) is 0.631. The molecule has 1 N–H and O–H groups in total. The molecule has 5 rings (SSSR count). The number of rotatable bonds is 3. The van der Waals surface area contributed by atoms with E-state index in [-0.39, 0.29) is 23.7 Å². The maximum absolute atomic E-state index is 12.9. The number of hydrogen-bond acceptors (Lipinski definition) is 3. The fourth-order valence-electron chi connectivity index (χ4n) is 4.85. The van der Waals surface area contributed by atoms with Crippen LogP contribution >= 0.6 is 0 Å². The van der Waals surface area contributed by atoms with E-state index >= 15 is 0 Å². The van der Waals surface area contributed by atoms with Crippen molar-refractivity contribution in [3.8, 4) is 16.9 Å². The van der Waals surface area contributed by atoms with Crippen LogP contribution in [0.1, 0.15) is 41.4 Å². The van der Waals surface area contributed by atoms with Gasteiger partial charge in [-0.2, -0.15) is 0 Å². The van der Waals surface area contributed by atoms with Crippen molar-refractivity contribution in [2.45, 2.75) is 24.7 Å². The van der Waals surface area contributed by atoms with Crippen LogP contribution in [0.15, 0.2) is 72.8 Å². The van der Waals surface area contributed by atoms with Crippen molar-refractivity contribution >= 4 is 6.09 Å². The lowest BCUT2D eigenvalue weighted by Gasteiger charge is -2.32. The topological polar surface area (TPSA) is 49.8 Å². The van der Waals surface area contributed by atoms with Crippen molar-refractivity contribution in [1.82, 2.24) is 4.90 Å². The summed E-state index contributed by atoms with van der Waals surface area (Å²) in [6.07, 6.45) is 1.76. The minimum Gasteiger partial charge on any atom is -0.508 e. The molecule has 30 heavy (non-hydrogen) atoms. The van der Waals surface area contributed by atoms with Crippen LogP contribution in [0.2, 0.25) is 0 Å². The molecule has 0 bridgehead atoms. The molecule has 0 radical (unpaired) electrons. The van der Waals surface area contributed by atoms with Gasteiger partial charge in [-0.05, 0) is 52.8 Å². The lowest BCUT2D eigenvalue weighted by Crippen LogP contribution is -2.39. The maximum atomic E-state index is 12.9. The predicted octanol–water partition coefficient (Wildman–Crippen LogP) is 5.52. The molecule has 1 aliphatic carbocycles. The average molecular weight is 399 g/mol. The summed E-state index contributed by atoms with van der Waals surface area (Å²) in [6.45, 7) is 1.74. The molecule has 2 aliphatic rings. The van der Waals surface area contributed by atoms with Gasteiger partial charge in [-0.15, -0.1) is 0 Å². The van der Waals surface area contributed by atoms with Gasteiger partial charge in [0.1, 0.15) is 12.4 Å². The van der Waals surface area contributed by atoms with Gasteiger partial charge in [0.2, 0.25) is 0 Å². The zero-order valence-electron chi connectivity index (χ0n) is 16.8. The number of piperidine rings is 1. The number of ether oxygens (including phenoxy) is 1. The van der Waals surface area contributed by atoms with E-state index < -0.39 is 0 Å². The Kier molecular flexibility index (Phi) is 4.91. The summed E-state index contributed by atoms with van der Waals surface area (Å²) in [5, 5.41) is 9.52. The Morgan fingerprint density at radius 3 is 2.23 bits per heavy atom. The highest BCUT2D eigenvalue weighted by Gasteiger charge is 2.31. The molecule has 1 atom stereocenters. The van der Waals surface area contributed by atoms with Gasteiger partial charge >= 0.3 is 6.09 Å². The van der Waals surface area contributed by atoms with Crippen LogP contribution in [0.3, 0.4) is 0 Å². The number of nitrogens with zero attached hydrogens (tertiary/aromatic N) is 1. The second-order valence-electron chi connectivity index (χ2n) is 8.18. The molecule has 4 nitrogen and oxygen atoms in total. The molecule has 3 aromatic rings. The first-order chi connectivity index (χ1) is 14.7. The summed E-state index contributed by atoms with van der Waals surface area (Å²) in [5.41, 5.74) is 6.09. The van der Waals surface area contributed by atoms with Crippen LogP contribution < -0.4 is 0 Å². The van der Waals surface area contributed by atoms with E-state index in [0.29, 0.717) is 13.2 Å². The summed E-state index contributed by atoms with van der Waals surface area (Å²) < 4.78 is 5.83. The maximum Gasteiger partial charge on any atom is 0.409 e. The number of fused-ring (bicyclic) bond motifs is 3. The molecule has 1 fully saturated rings. The normalized spacial score (nSPS) is 18.0. The van der Waals surface area contributed by atoms with Crippen molar-refractivity contribution in [2.75, 3.05) is 19.7 Å². The van der Waals surface area contributed by atoms with Crippen molar-refractivity contribution in [3.05, 3.63) is 89.5 Å². The molecular formula is C26H25NO3. The monoisotopic (exact) mass is 399 g/mol. The number of hydrogen-bond donors (Lipinski definition) is 1. The number of carbonyl (C=O) groups excluding carboxylic acids is 1. The summed E-state index contributed by atoms with van der Waals surface area (Å²) >= 11 is 0. The molecular weight excluding hydrogens is 374 g/mol. The standard InChI is InChI=1S/C26H25NO3/c28-20-13-11-18(12-14-20)19-6-5-15-27(16-19)26(29)30-17-25-23-9-3-1-7-21(23)22-8-2-4-10-24(22)25/h1-4,7-14,19,25,28H,5-6,15-17H2. The summed E-state index contributed by atoms with van der Waals surface area (Å²) in [4.78, 5) is 14.7. The Bertz CT molecular complexity index is 1010. The predicted molar refractivity (Wildman–Crippen MR) is 117 cm³/mol. The van der Waals surface area contributed by atoms with Crippen molar-refractivity contribution in [3.63, 3.8) is 0 Å². The molecule has 0 saturated carbocycles. The number of aromatic hydroxyl groups is 1. The van der Waals surface area contributed by atoms with Crippen molar-refractivity contribution < 1.29 is 14.6 Å². The van der Waals surface area contributed by atoms with Gasteiger partial charge in [0.25, 0.3) is 0 Å². The van der Waals surface area contributed by atoms with E-state index in [1.807, 2.05) is 29.2 Å². The summed E-state index contributed by atoms with van der Waals surface area (Å²) in [6, 6.07) is 24.1. The van der Waals surface area contributed by atoms with E-state index in [0.717, 1.165) is 24.9 Å². The van der Waals surface area contributed by atoms with Gasteiger partial charge in [0.15, 0.2) is 0 Å². The van der Waals surface area contributed by atoms with Crippen LogP contribution in [-0.4, -0.2) is 35.8 Å². The molecule has 1 saturated heterocycles. The molecule has 4 heteroatoms. The Labute approximate surface area is 176 Å². The number of phenols is 1. The van der Waals surface area contributed by atoms with E-state index in [2.05, 4.69) is 36.4 Å². The lowest BCUT2D eigenvalue weighted by atomic mass is 9.91. The van der Waals surface area contributed by atoms with E-state index in [4.69, 9.17) is 4.74 Å². The minimum absolute atomic E-state index is 0.0824. The highest BCUT2D eigenvalue weighted by atomic mass is 16.6. The van der Waals surface area contributed by atoms with Crippen LogP contribution in [-0.2, 0) is 4.74 Å². The molecule has 1 unspecified atom stereocenters. The van der Waals surface area contributed by atoms with E-state index in [9.17, 15) is 9.90 Å². The summed E-state index contributed by atoms with van der Waals surface area (Å²) in [5.74, 6) is 0.627. The fourth-order valence-corrected chi connectivity index (χ4v) is 4.85. The lowest BCUT2D eigenvalue weighted by molar-refractivity contribution is 0.0892. The number of benzene rings is 3. The fraction of sp³-hybridized carbons (Fsp3) is 0.269. The Morgan fingerprint density at radius 2 is 1.57 bits per heavy atom. The SMILES string of the molecule is O=C(OCC1c2ccccc2-c2ccccc21)N1CCCC(c2ccc(O)cc2)C1. The third kappa shape index (κ3) is 3.43. The second kappa shape index (κ2) is 7.86. The Morgan fingerprint density at radius 1 is 0.933 bits per heavy atom.